The molecule has 0 rings (SSSR count). The van der Waals surface area contributed by atoms with Gasteiger partial charge in [-0.05, 0) is 32.5 Å². The van der Waals surface area contributed by atoms with E-state index in [1.165, 1.54) is 0 Å². The van der Waals surface area contributed by atoms with Crippen molar-refractivity contribution in [1.29, 1.82) is 0 Å². The maximum absolute atomic E-state index is 12.5. The molecule has 0 heterocycles. The molecule has 0 saturated carbocycles. The van der Waals surface area contributed by atoms with Crippen molar-refractivity contribution in [2.75, 3.05) is 26.8 Å². The highest BCUT2D eigenvalue weighted by molar-refractivity contribution is 5.10. The van der Waals surface area contributed by atoms with Crippen LogP contribution in [0.15, 0.2) is 11.8 Å². The molecule has 0 spiro atoms. The first-order valence-electron chi connectivity index (χ1n) is 5.71. The number of nitrogens with one attached hydrogen (secondary N) is 1. The number of alkyl halides is 3. The van der Waals surface area contributed by atoms with E-state index < -0.39 is 17.7 Å². The van der Waals surface area contributed by atoms with E-state index in [0.717, 1.165) is 6.54 Å². The van der Waals surface area contributed by atoms with Crippen molar-refractivity contribution in [3.63, 3.8) is 0 Å². The van der Waals surface area contributed by atoms with Crippen LogP contribution in [0.4, 0.5) is 13.2 Å². The number of halogens is 3. The predicted molar refractivity (Wildman–Crippen MR) is 63.3 cm³/mol. The first kappa shape index (κ1) is 16.2. The Morgan fingerprint density at radius 3 is 2.47 bits per heavy atom. The van der Waals surface area contributed by atoms with Crippen molar-refractivity contribution < 1.29 is 13.2 Å². The quantitative estimate of drug-likeness (QED) is 0.681. The maximum Gasteiger partial charge on any atom is 0.414 e. The van der Waals surface area contributed by atoms with Gasteiger partial charge in [-0.15, -0.1) is 0 Å². The molecule has 0 aliphatic rings. The van der Waals surface area contributed by atoms with Gasteiger partial charge in [-0.25, -0.2) is 0 Å². The van der Waals surface area contributed by atoms with E-state index >= 15 is 0 Å². The predicted octanol–water partition coefficient (Wildman–Crippen LogP) is 1.92. The van der Waals surface area contributed by atoms with Gasteiger partial charge < -0.3 is 11.1 Å². The number of rotatable bonds is 7. The summed E-state index contributed by atoms with van der Waals surface area (Å²) in [5, 5.41) is 3.11. The Balaban J connectivity index is 4.13. The molecule has 0 aromatic heterocycles. The fourth-order valence-corrected chi connectivity index (χ4v) is 1.49. The van der Waals surface area contributed by atoms with Gasteiger partial charge in [-0.2, -0.15) is 13.2 Å². The molecule has 3 nitrogen and oxygen atoms in total. The third-order valence-corrected chi connectivity index (χ3v) is 2.61. The highest BCUT2D eigenvalue weighted by Crippen LogP contribution is 2.32. The van der Waals surface area contributed by atoms with E-state index in [1.54, 1.807) is 6.92 Å². The van der Waals surface area contributed by atoms with Crippen LogP contribution in [0.2, 0.25) is 0 Å². The van der Waals surface area contributed by atoms with Gasteiger partial charge in [0.25, 0.3) is 0 Å². The monoisotopic (exact) mass is 253 g/mol. The van der Waals surface area contributed by atoms with Gasteiger partial charge in [0.15, 0.2) is 0 Å². The summed E-state index contributed by atoms with van der Waals surface area (Å²) in [4.78, 5) is 1.95. The van der Waals surface area contributed by atoms with Crippen molar-refractivity contribution in [3.8, 4) is 0 Å². The number of nitrogens with zero attached hydrogens (tertiary/aromatic N) is 1. The second-order valence-electron chi connectivity index (χ2n) is 4.15. The third-order valence-electron chi connectivity index (χ3n) is 2.61. The molecule has 0 aromatic rings. The van der Waals surface area contributed by atoms with Gasteiger partial charge in [-0.1, -0.05) is 13.8 Å². The summed E-state index contributed by atoms with van der Waals surface area (Å²) in [5.74, 6) is -0.580. The highest BCUT2D eigenvalue weighted by Gasteiger charge is 2.36. The van der Waals surface area contributed by atoms with Gasteiger partial charge in [0.2, 0.25) is 0 Å². The molecule has 0 fully saturated rings. The molecule has 6 heteroatoms. The number of nitrogens with two attached hydrogens (primary N) is 1. The van der Waals surface area contributed by atoms with Gasteiger partial charge >= 0.3 is 6.18 Å². The van der Waals surface area contributed by atoms with Crippen LogP contribution in [0, 0.1) is 5.92 Å². The number of hydrogen-bond acceptors (Lipinski definition) is 3. The Labute approximate surface area is 101 Å². The van der Waals surface area contributed by atoms with Crippen LogP contribution in [-0.4, -0.2) is 37.9 Å². The SMILES string of the molecule is CCNCN(C)CCC(C)/C(=C\N)C(F)(F)F. The average molecular weight is 253 g/mol. The third kappa shape index (κ3) is 6.53. The second kappa shape index (κ2) is 7.55. The van der Waals surface area contributed by atoms with E-state index in [9.17, 15) is 13.2 Å². The van der Waals surface area contributed by atoms with Crippen molar-refractivity contribution in [1.82, 2.24) is 10.2 Å². The van der Waals surface area contributed by atoms with Crippen LogP contribution in [0.1, 0.15) is 20.3 Å². The van der Waals surface area contributed by atoms with Crippen LogP contribution < -0.4 is 11.1 Å². The van der Waals surface area contributed by atoms with Gasteiger partial charge in [-0.3, -0.25) is 4.90 Å². The minimum Gasteiger partial charge on any atom is -0.404 e. The van der Waals surface area contributed by atoms with E-state index in [0.29, 0.717) is 25.8 Å². The van der Waals surface area contributed by atoms with Crippen LogP contribution in [-0.2, 0) is 0 Å². The molecule has 0 aliphatic heterocycles. The van der Waals surface area contributed by atoms with E-state index in [4.69, 9.17) is 5.73 Å². The zero-order valence-electron chi connectivity index (χ0n) is 10.6. The summed E-state index contributed by atoms with van der Waals surface area (Å²) < 4.78 is 37.6. The molecular formula is C11H22F3N3. The number of allylic oxidation sites excluding steroid dienone is 1. The lowest BCUT2D eigenvalue weighted by molar-refractivity contribution is -0.0990. The summed E-state index contributed by atoms with van der Waals surface area (Å²) in [6, 6.07) is 0. The molecule has 0 aliphatic carbocycles. The molecule has 17 heavy (non-hydrogen) atoms. The fourth-order valence-electron chi connectivity index (χ4n) is 1.49. The molecule has 0 saturated heterocycles. The Kier molecular flexibility index (Phi) is 7.22. The first-order valence-corrected chi connectivity index (χ1v) is 5.71. The van der Waals surface area contributed by atoms with Crippen molar-refractivity contribution >= 4 is 0 Å². The molecule has 1 atom stereocenters. The lowest BCUT2D eigenvalue weighted by Crippen LogP contribution is -2.33. The van der Waals surface area contributed by atoms with E-state index in [1.807, 2.05) is 18.9 Å². The summed E-state index contributed by atoms with van der Waals surface area (Å²) in [6.07, 6.45) is -3.21. The largest absolute Gasteiger partial charge is 0.414 e. The molecule has 3 N–H and O–H groups in total. The second-order valence-corrected chi connectivity index (χ2v) is 4.15. The molecule has 0 bridgehead atoms. The molecular weight excluding hydrogens is 231 g/mol. The van der Waals surface area contributed by atoms with Gasteiger partial charge in [0, 0.05) is 12.9 Å². The van der Waals surface area contributed by atoms with Gasteiger partial charge in [0.1, 0.15) is 0 Å². The summed E-state index contributed by atoms with van der Waals surface area (Å²) in [7, 11) is 1.87. The van der Waals surface area contributed by atoms with Crippen molar-refractivity contribution in [2.45, 2.75) is 26.4 Å². The van der Waals surface area contributed by atoms with E-state index in [-0.39, 0.29) is 0 Å². The Hall–Kier alpha value is -0.750. The van der Waals surface area contributed by atoms with Crippen LogP contribution in [0.25, 0.3) is 0 Å². The van der Waals surface area contributed by atoms with Crippen molar-refractivity contribution in [3.05, 3.63) is 11.8 Å². The minimum atomic E-state index is -4.32. The summed E-state index contributed by atoms with van der Waals surface area (Å²) in [5.41, 5.74) is 4.39. The Morgan fingerprint density at radius 2 is 2.06 bits per heavy atom. The first-order chi connectivity index (χ1) is 7.82. The Bertz CT molecular complexity index is 239. The summed E-state index contributed by atoms with van der Waals surface area (Å²) >= 11 is 0. The van der Waals surface area contributed by atoms with Crippen LogP contribution >= 0.6 is 0 Å². The molecule has 0 radical (unpaired) electrons. The topological polar surface area (TPSA) is 41.3 Å². The minimum absolute atomic E-state index is 0.435. The van der Waals surface area contributed by atoms with Crippen LogP contribution in [0.3, 0.4) is 0 Å². The van der Waals surface area contributed by atoms with Gasteiger partial charge in [0.05, 0.1) is 5.57 Å². The number of hydrogen-bond donors (Lipinski definition) is 2. The molecule has 0 aromatic carbocycles. The standard InChI is InChI=1S/C11H22F3N3/c1-4-16-8-17(3)6-5-9(2)10(7-15)11(12,13)14/h7,9,16H,4-6,8,15H2,1-3H3/b10-7+. The average Bonchev–Trinajstić information content (AvgIpc) is 2.22. The highest BCUT2D eigenvalue weighted by atomic mass is 19.4. The molecule has 0 amide bonds. The van der Waals surface area contributed by atoms with Crippen molar-refractivity contribution in [2.24, 2.45) is 11.7 Å². The van der Waals surface area contributed by atoms with Crippen LogP contribution in [0.5, 0.6) is 0 Å². The summed E-state index contributed by atoms with van der Waals surface area (Å²) in [6.45, 7) is 5.65. The smallest absolute Gasteiger partial charge is 0.404 e. The maximum atomic E-state index is 12.5. The molecule has 1 unspecified atom stereocenters. The zero-order chi connectivity index (χ0) is 13.5. The lowest BCUT2D eigenvalue weighted by atomic mass is 9.98. The Morgan fingerprint density at radius 1 is 1.47 bits per heavy atom. The zero-order valence-corrected chi connectivity index (χ0v) is 10.6. The fraction of sp³-hybridized carbons (Fsp3) is 0.818. The normalized spacial score (nSPS) is 15.4. The van der Waals surface area contributed by atoms with E-state index in [2.05, 4.69) is 5.32 Å². The molecule has 102 valence electrons. The lowest BCUT2D eigenvalue weighted by Gasteiger charge is -2.22.